The fourth-order valence-corrected chi connectivity index (χ4v) is 2.70. The zero-order chi connectivity index (χ0) is 13.8. The van der Waals surface area contributed by atoms with Crippen LogP contribution in [0.5, 0.6) is 0 Å². The van der Waals surface area contributed by atoms with Gasteiger partial charge in [-0.15, -0.1) is 0 Å². The van der Waals surface area contributed by atoms with E-state index in [0.29, 0.717) is 15.8 Å². The third-order valence-corrected chi connectivity index (χ3v) is 4.07. The second-order valence-corrected chi connectivity index (χ2v) is 5.87. The fourth-order valence-electron chi connectivity index (χ4n) is 1.89. The maximum atomic E-state index is 14.3. The van der Waals surface area contributed by atoms with E-state index in [1.165, 1.54) is 0 Å². The molecule has 1 aromatic heterocycles. The summed E-state index contributed by atoms with van der Waals surface area (Å²) in [6.07, 6.45) is 2.56. The molecular formula is C14H14Br2FNO. The number of halogens is 3. The van der Waals surface area contributed by atoms with Crippen LogP contribution in [0.15, 0.2) is 43.9 Å². The summed E-state index contributed by atoms with van der Waals surface area (Å²) in [6.45, 7) is 2.85. The molecule has 5 heteroatoms. The van der Waals surface area contributed by atoms with Gasteiger partial charge in [-0.05, 0) is 57.0 Å². The molecule has 1 N–H and O–H groups in total. The quantitative estimate of drug-likeness (QED) is 0.774. The van der Waals surface area contributed by atoms with Crippen molar-refractivity contribution < 1.29 is 8.81 Å². The van der Waals surface area contributed by atoms with Gasteiger partial charge in [-0.25, -0.2) is 4.39 Å². The Morgan fingerprint density at radius 2 is 2.05 bits per heavy atom. The lowest BCUT2D eigenvalue weighted by atomic mass is 10.0. The van der Waals surface area contributed by atoms with E-state index in [-0.39, 0.29) is 11.9 Å². The molecule has 0 aliphatic heterocycles. The van der Waals surface area contributed by atoms with E-state index < -0.39 is 0 Å². The number of hydrogen-bond acceptors (Lipinski definition) is 2. The van der Waals surface area contributed by atoms with Crippen molar-refractivity contribution in [3.05, 3.63) is 56.6 Å². The Kier molecular flexibility index (Phi) is 5.19. The molecule has 0 aliphatic rings. The minimum absolute atomic E-state index is 0.264. The molecule has 2 rings (SSSR count). The summed E-state index contributed by atoms with van der Waals surface area (Å²) in [4.78, 5) is 0. The van der Waals surface area contributed by atoms with Crippen LogP contribution in [0.25, 0.3) is 0 Å². The smallest absolute Gasteiger partial charge is 0.142 e. The predicted octanol–water partition coefficient (Wildman–Crippen LogP) is 5.03. The van der Waals surface area contributed by atoms with Crippen molar-refractivity contribution in [2.45, 2.75) is 19.4 Å². The van der Waals surface area contributed by atoms with Crippen LogP contribution in [0.3, 0.4) is 0 Å². The van der Waals surface area contributed by atoms with Crippen LogP contribution in [0.1, 0.15) is 30.7 Å². The molecule has 0 saturated heterocycles. The zero-order valence-corrected chi connectivity index (χ0v) is 13.6. The summed E-state index contributed by atoms with van der Waals surface area (Å²) in [5.41, 5.74) is 0.568. The lowest BCUT2D eigenvalue weighted by molar-refractivity contribution is 0.433. The van der Waals surface area contributed by atoms with Gasteiger partial charge in [-0.2, -0.15) is 0 Å². The Hall–Kier alpha value is -0.650. The summed E-state index contributed by atoms with van der Waals surface area (Å²) in [6, 6.07) is 6.78. The molecule has 0 fully saturated rings. The molecule has 1 aromatic carbocycles. The van der Waals surface area contributed by atoms with E-state index in [4.69, 9.17) is 4.42 Å². The first-order valence-electron chi connectivity index (χ1n) is 6.05. The van der Waals surface area contributed by atoms with E-state index in [1.54, 1.807) is 18.4 Å². The van der Waals surface area contributed by atoms with Crippen molar-refractivity contribution >= 4 is 31.9 Å². The van der Waals surface area contributed by atoms with Gasteiger partial charge in [-0.3, -0.25) is 0 Å². The minimum Gasteiger partial charge on any atom is -0.466 e. The molecule has 0 bridgehead atoms. The number of rotatable bonds is 5. The molecule has 0 amide bonds. The van der Waals surface area contributed by atoms with Gasteiger partial charge in [0, 0.05) is 5.56 Å². The second-order valence-electron chi connectivity index (χ2n) is 4.16. The minimum atomic E-state index is -0.304. The fraction of sp³-hybridized carbons (Fsp3) is 0.286. The lowest BCUT2D eigenvalue weighted by Crippen LogP contribution is -2.24. The summed E-state index contributed by atoms with van der Waals surface area (Å²) in [5, 5.41) is 3.31. The molecule has 102 valence electrons. The van der Waals surface area contributed by atoms with Crippen LogP contribution in [0.2, 0.25) is 0 Å². The maximum absolute atomic E-state index is 14.3. The Labute approximate surface area is 128 Å². The SMILES string of the molecule is CCCNC(c1cccc(Br)c1F)c1occc1Br. The highest BCUT2D eigenvalue weighted by molar-refractivity contribution is 9.10. The largest absolute Gasteiger partial charge is 0.466 e. The van der Waals surface area contributed by atoms with Gasteiger partial charge in [0.15, 0.2) is 0 Å². The van der Waals surface area contributed by atoms with Gasteiger partial charge < -0.3 is 9.73 Å². The Morgan fingerprint density at radius 3 is 2.68 bits per heavy atom. The summed E-state index contributed by atoms with van der Waals surface area (Å²) in [5.74, 6) is 0.421. The Morgan fingerprint density at radius 1 is 1.26 bits per heavy atom. The normalized spacial score (nSPS) is 12.6. The highest BCUT2D eigenvalue weighted by Crippen LogP contribution is 2.32. The van der Waals surface area contributed by atoms with Gasteiger partial charge >= 0.3 is 0 Å². The molecule has 19 heavy (non-hydrogen) atoms. The van der Waals surface area contributed by atoms with Crippen LogP contribution >= 0.6 is 31.9 Å². The highest BCUT2D eigenvalue weighted by atomic mass is 79.9. The molecule has 0 spiro atoms. The van der Waals surface area contributed by atoms with Crippen molar-refractivity contribution in [3.8, 4) is 0 Å². The molecule has 2 aromatic rings. The number of hydrogen-bond donors (Lipinski definition) is 1. The topological polar surface area (TPSA) is 25.2 Å². The number of nitrogens with one attached hydrogen (secondary N) is 1. The van der Waals surface area contributed by atoms with Crippen molar-refractivity contribution in [3.63, 3.8) is 0 Å². The monoisotopic (exact) mass is 389 g/mol. The maximum Gasteiger partial charge on any atom is 0.142 e. The molecule has 1 unspecified atom stereocenters. The van der Waals surface area contributed by atoms with Crippen LogP contribution in [-0.4, -0.2) is 6.54 Å². The Bertz CT molecular complexity index is 556. The third kappa shape index (κ3) is 3.27. The van der Waals surface area contributed by atoms with E-state index in [1.807, 2.05) is 12.1 Å². The highest BCUT2D eigenvalue weighted by Gasteiger charge is 2.23. The van der Waals surface area contributed by atoms with Gasteiger partial charge in [0.25, 0.3) is 0 Å². The molecule has 0 radical (unpaired) electrons. The molecular weight excluding hydrogens is 377 g/mol. The van der Waals surface area contributed by atoms with Crippen LogP contribution in [-0.2, 0) is 0 Å². The molecule has 0 aliphatic carbocycles. The van der Waals surface area contributed by atoms with E-state index >= 15 is 0 Å². The second kappa shape index (κ2) is 6.68. The molecule has 0 saturated carbocycles. The van der Waals surface area contributed by atoms with Crippen molar-refractivity contribution in [2.24, 2.45) is 0 Å². The van der Waals surface area contributed by atoms with Gasteiger partial charge in [0.05, 0.1) is 21.3 Å². The summed E-state index contributed by atoms with van der Waals surface area (Å²) >= 11 is 6.65. The van der Waals surface area contributed by atoms with Crippen LogP contribution in [0, 0.1) is 5.82 Å². The molecule has 1 heterocycles. The van der Waals surface area contributed by atoms with Crippen molar-refractivity contribution in [1.29, 1.82) is 0 Å². The van der Waals surface area contributed by atoms with Gasteiger partial charge in [0.1, 0.15) is 11.6 Å². The van der Waals surface area contributed by atoms with Crippen LogP contribution < -0.4 is 5.32 Å². The summed E-state index contributed by atoms with van der Waals surface area (Å²) < 4.78 is 21.0. The van der Waals surface area contributed by atoms with E-state index in [9.17, 15) is 4.39 Å². The van der Waals surface area contributed by atoms with Gasteiger partial charge in [0.2, 0.25) is 0 Å². The summed E-state index contributed by atoms with van der Waals surface area (Å²) in [7, 11) is 0. The number of furan rings is 1. The number of benzene rings is 1. The molecule has 1 atom stereocenters. The Balaban J connectivity index is 2.43. The van der Waals surface area contributed by atoms with Crippen LogP contribution in [0.4, 0.5) is 4.39 Å². The standard InChI is InChI=1S/C14H14Br2FNO/c1-2-7-18-13(14-11(16)6-8-19-14)9-4-3-5-10(15)12(9)17/h3-6,8,13,18H,2,7H2,1H3. The third-order valence-electron chi connectivity index (χ3n) is 2.80. The first-order chi connectivity index (χ1) is 9.15. The van der Waals surface area contributed by atoms with Crippen molar-refractivity contribution in [2.75, 3.05) is 6.54 Å². The molecule has 2 nitrogen and oxygen atoms in total. The first-order valence-corrected chi connectivity index (χ1v) is 7.64. The van der Waals surface area contributed by atoms with E-state index in [2.05, 4.69) is 44.1 Å². The first kappa shape index (κ1) is 14.8. The zero-order valence-electron chi connectivity index (χ0n) is 10.4. The average molecular weight is 391 g/mol. The van der Waals surface area contributed by atoms with Gasteiger partial charge in [-0.1, -0.05) is 19.1 Å². The lowest BCUT2D eigenvalue weighted by Gasteiger charge is -2.18. The predicted molar refractivity (Wildman–Crippen MR) is 80.6 cm³/mol. The average Bonchev–Trinajstić information content (AvgIpc) is 2.81. The van der Waals surface area contributed by atoms with Crippen molar-refractivity contribution in [1.82, 2.24) is 5.32 Å². The van der Waals surface area contributed by atoms with E-state index in [0.717, 1.165) is 17.4 Å².